The Morgan fingerprint density at radius 3 is 2.32 bits per heavy atom. The van der Waals surface area contributed by atoms with Gasteiger partial charge in [-0.3, -0.25) is 4.79 Å². The molecule has 0 bridgehead atoms. The molecular formula is C24H28N2O2. The van der Waals surface area contributed by atoms with Crippen LogP contribution in [0.3, 0.4) is 0 Å². The van der Waals surface area contributed by atoms with Gasteiger partial charge in [0, 0.05) is 23.1 Å². The third-order valence-corrected chi connectivity index (χ3v) is 5.12. The predicted octanol–water partition coefficient (Wildman–Crippen LogP) is 5.48. The summed E-state index contributed by atoms with van der Waals surface area (Å²) in [5.41, 5.74) is 1.36. The lowest BCUT2D eigenvalue weighted by Crippen LogP contribution is -2.57. The van der Waals surface area contributed by atoms with Crippen LogP contribution in [0.25, 0.3) is 0 Å². The first-order valence-electron chi connectivity index (χ1n) is 9.76. The van der Waals surface area contributed by atoms with Gasteiger partial charge in [-0.15, -0.1) is 0 Å². The number of nitrogens with zero attached hydrogens (tertiary/aromatic N) is 1. The minimum Gasteiger partial charge on any atom is -0.457 e. The van der Waals surface area contributed by atoms with E-state index < -0.39 is 0 Å². The van der Waals surface area contributed by atoms with Gasteiger partial charge in [-0.25, -0.2) is 0 Å². The predicted molar refractivity (Wildman–Crippen MR) is 111 cm³/mol. The number of ether oxygens (including phenoxy) is 1. The summed E-state index contributed by atoms with van der Waals surface area (Å²) < 4.78 is 5.79. The topological polar surface area (TPSA) is 62.1 Å². The summed E-state index contributed by atoms with van der Waals surface area (Å²) in [6.45, 7) is 8.83. The molecule has 0 unspecified atom stereocenters. The number of carbonyl (C=O) groups is 1. The van der Waals surface area contributed by atoms with E-state index in [2.05, 4.69) is 39.1 Å². The standard InChI is InChI=1S/C24H28N2O2/c1-23(2)14-18(15-24(3,4)26-23)13-22(27)19-8-10-20(11-9-19)28-21-7-5-6-17(12-21)16-25/h5-12,18,26H,13-15H2,1-4H3. The van der Waals surface area contributed by atoms with Gasteiger partial charge in [-0.1, -0.05) is 6.07 Å². The van der Waals surface area contributed by atoms with Crippen LogP contribution in [0.1, 0.15) is 62.9 Å². The van der Waals surface area contributed by atoms with Gasteiger partial charge in [-0.2, -0.15) is 5.26 Å². The highest BCUT2D eigenvalue weighted by molar-refractivity contribution is 5.96. The maximum Gasteiger partial charge on any atom is 0.163 e. The van der Waals surface area contributed by atoms with Gasteiger partial charge >= 0.3 is 0 Å². The molecule has 1 saturated heterocycles. The quantitative estimate of drug-likeness (QED) is 0.702. The molecule has 1 aliphatic heterocycles. The summed E-state index contributed by atoms with van der Waals surface area (Å²) in [7, 11) is 0. The lowest BCUT2D eigenvalue weighted by Gasteiger charge is -2.46. The molecule has 1 fully saturated rings. The van der Waals surface area contributed by atoms with Crippen molar-refractivity contribution in [2.75, 3.05) is 0 Å². The second-order valence-corrected chi connectivity index (χ2v) is 9.06. The van der Waals surface area contributed by atoms with Gasteiger partial charge < -0.3 is 10.1 Å². The van der Waals surface area contributed by atoms with E-state index in [1.54, 1.807) is 24.3 Å². The van der Waals surface area contributed by atoms with Gasteiger partial charge in [0.25, 0.3) is 0 Å². The van der Waals surface area contributed by atoms with Crippen molar-refractivity contribution in [3.8, 4) is 17.6 Å². The molecule has 1 N–H and O–H groups in total. The molecule has 0 amide bonds. The Morgan fingerprint density at radius 1 is 1.07 bits per heavy atom. The van der Waals surface area contributed by atoms with Crippen molar-refractivity contribution in [1.82, 2.24) is 5.32 Å². The molecule has 0 radical (unpaired) electrons. The van der Waals surface area contributed by atoms with E-state index >= 15 is 0 Å². The van der Waals surface area contributed by atoms with Crippen molar-refractivity contribution in [2.24, 2.45) is 5.92 Å². The zero-order chi connectivity index (χ0) is 20.4. The average molecular weight is 377 g/mol. The van der Waals surface area contributed by atoms with Crippen LogP contribution < -0.4 is 10.1 Å². The molecular weight excluding hydrogens is 348 g/mol. The largest absolute Gasteiger partial charge is 0.457 e. The zero-order valence-electron chi connectivity index (χ0n) is 17.1. The van der Waals surface area contributed by atoms with E-state index in [-0.39, 0.29) is 16.9 Å². The monoisotopic (exact) mass is 376 g/mol. The Balaban J connectivity index is 1.64. The molecule has 4 nitrogen and oxygen atoms in total. The summed E-state index contributed by atoms with van der Waals surface area (Å²) in [6, 6.07) is 16.4. The number of nitriles is 1. The van der Waals surface area contributed by atoms with Crippen LogP contribution in [-0.4, -0.2) is 16.9 Å². The fourth-order valence-electron chi connectivity index (χ4n) is 4.53. The first-order chi connectivity index (χ1) is 13.2. The fraction of sp³-hybridized carbons (Fsp3) is 0.417. The van der Waals surface area contributed by atoms with Gasteiger partial charge in [-0.05, 0) is 88.9 Å². The van der Waals surface area contributed by atoms with Crippen molar-refractivity contribution in [3.05, 3.63) is 59.7 Å². The number of ketones is 1. The molecule has 0 spiro atoms. The number of piperidine rings is 1. The van der Waals surface area contributed by atoms with Gasteiger partial charge in [0.1, 0.15) is 11.5 Å². The number of hydrogen-bond acceptors (Lipinski definition) is 4. The van der Waals surface area contributed by atoms with Crippen LogP contribution in [0.4, 0.5) is 0 Å². The van der Waals surface area contributed by atoms with Gasteiger partial charge in [0.05, 0.1) is 11.6 Å². The number of Topliss-reactive ketones (excluding diaryl/α,β-unsaturated/α-hetero) is 1. The Morgan fingerprint density at radius 2 is 1.71 bits per heavy atom. The molecule has 4 heteroatoms. The molecule has 0 aliphatic carbocycles. The molecule has 0 saturated carbocycles. The Hall–Kier alpha value is -2.64. The zero-order valence-corrected chi connectivity index (χ0v) is 17.1. The number of hydrogen-bond donors (Lipinski definition) is 1. The van der Waals surface area contributed by atoms with Crippen molar-refractivity contribution in [1.29, 1.82) is 5.26 Å². The molecule has 28 heavy (non-hydrogen) atoms. The number of benzene rings is 2. The van der Waals surface area contributed by atoms with Crippen molar-refractivity contribution >= 4 is 5.78 Å². The van der Waals surface area contributed by atoms with Crippen molar-refractivity contribution < 1.29 is 9.53 Å². The SMILES string of the molecule is CC1(C)CC(CC(=O)c2ccc(Oc3cccc(C#N)c3)cc2)CC(C)(C)N1. The third-order valence-electron chi connectivity index (χ3n) is 5.12. The summed E-state index contributed by atoms with van der Waals surface area (Å²) in [5.74, 6) is 1.81. The first-order valence-corrected chi connectivity index (χ1v) is 9.76. The Bertz CT molecular complexity index is 876. The van der Waals surface area contributed by atoms with E-state index in [0.29, 0.717) is 35.0 Å². The summed E-state index contributed by atoms with van der Waals surface area (Å²) in [4.78, 5) is 12.8. The van der Waals surface area contributed by atoms with E-state index in [9.17, 15) is 4.79 Å². The highest BCUT2D eigenvalue weighted by Crippen LogP contribution is 2.35. The molecule has 146 valence electrons. The van der Waals surface area contributed by atoms with Crippen molar-refractivity contribution in [2.45, 2.75) is 58.0 Å². The maximum atomic E-state index is 12.8. The molecule has 1 aliphatic rings. The molecule has 3 rings (SSSR count). The van der Waals surface area contributed by atoms with E-state index in [4.69, 9.17) is 10.00 Å². The average Bonchev–Trinajstić information content (AvgIpc) is 2.59. The first kappa shape index (κ1) is 20.1. The van der Waals surface area contributed by atoms with Crippen LogP contribution in [-0.2, 0) is 0 Å². The summed E-state index contributed by atoms with van der Waals surface area (Å²) >= 11 is 0. The smallest absolute Gasteiger partial charge is 0.163 e. The van der Waals surface area contributed by atoms with Gasteiger partial charge in [0.15, 0.2) is 5.78 Å². The molecule has 2 aromatic rings. The Labute approximate surface area is 167 Å². The minimum absolute atomic E-state index is 0.0440. The van der Waals surface area contributed by atoms with Crippen LogP contribution in [0, 0.1) is 17.2 Å². The third kappa shape index (κ3) is 5.21. The number of rotatable bonds is 5. The van der Waals surface area contributed by atoms with Crippen LogP contribution in [0.15, 0.2) is 48.5 Å². The lowest BCUT2D eigenvalue weighted by molar-refractivity contribution is 0.0864. The van der Waals surface area contributed by atoms with E-state index in [0.717, 1.165) is 12.8 Å². The molecule has 0 atom stereocenters. The molecule has 1 heterocycles. The second-order valence-electron chi connectivity index (χ2n) is 9.06. The van der Waals surface area contributed by atoms with Crippen molar-refractivity contribution in [3.63, 3.8) is 0 Å². The molecule has 0 aromatic heterocycles. The normalized spacial score (nSPS) is 18.2. The van der Waals surface area contributed by atoms with Crippen LogP contribution in [0.2, 0.25) is 0 Å². The summed E-state index contributed by atoms with van der Waals surface area (Å²) in [5, 5.41) is 12.6. The van der Waals surface area contributed by atoms with E-state index in [1.807, 2.05) is 24.3 Å². The second kappa shape index (κ2) is 7.77. The number of carbonyl (C=O) groups excluding carboxylic acids is 1. The lowest BCUT2D eigenvalue weighted by atomic mass is 9.74. The highest BCUT2D eigenvalue weighted by atomic mass is 16.5. The van der Waals surface area contributed by atoms with Crippen LogP contribution in [0.5, 0.6) is 11.5 Å². The summed E-state index contributed by atoms with van der Waals surface area (Å²) in [6.07, 6.45) is 2.57. The fourth-order valence-corrected chi connectivity index (χ4v) is 4.53. The van der Waals surface area contributed by atoms with Gasteiger partial charge in [0.2, 0.25) is 0 Å². The minimum atomic E-state index is 0.0440. The van der Waals surface area contributed by atoms with Crippen LogP contribution >= 0.6 is 0 Å². The van der Waals surface area contributed by atoms with E-state index in [1.165, 1.54) is 0 Å². The highest BCUT2D eigenvalue weighted by Gasteiger charge is 2.38. The molecule has 2 aromatic carbocycles. The Kier molecular flexibility index (Phi) is 5.58. The number of nitrogens with one attached hydrogen (secondary N) is 1. The maximum absolute atomic E-state index is 12.8.